The van der Waals surface area contributed by atoms with Crippen molar-refractivity contribution in [2.75, 3.05) is 32.8 Å². The molecule has 3 aromatic carbocycles. The highest BCUT2D eigenvalue weighted by Crippen LogP contribution is 2.31. The Balaban J connectivity index is 1.68. The molecule has 3 aromatic rings. The van der Waals surface area contributed by atoms with Gasteiger partial charge in [0, 0.05) is 25.2 Å². The third kappa shape index (κ3) is 5.08. The van der Waals surface area contributed by atoms with Crippen LogP contribution in [0.1, 0.15) is 11.1 Å². The van der Waals surface area contributed by atoms with Gasteiger partial charge in [0.15, 0.2) is 18.1 Å². The first-order valence-electron chi connectivity index (χ1n) is 9.35. The van der Waals surface area contributed by atoms with Gasteiger partial charge in [-0.2, -0.15) is 0 Å². The smallest absolute Gasteiger partial charge is 0.264 e. The van der Waals surface area contributed by atoms with E-state index >= 15 is 0 Å². The molecule has 3 rings (SSSR count). The largest absolute Gasteiger partial charge is 0.493 e. The minimum atomic E-state index is -0.160. The number of carbonyl (C=O) groups is 1. The van der Waals surface area contributed by atoms with Gasteiger partial charge in [-0.05, 0) is 29.3 Å². The number of methoxy groups -OCH3 is 2. The van der Waals surface area contributed by atoms with Crippen molar-refractivity contribution >= 4 is 11.6 Å². The van der Waals surface area contributed by atoms with Gasteiger partial charge in [-0.15, -0.1) is 0 Å². The maximum atomic E-state index is 12.7. The third-order valence-corrected chi connectivity index (χ3v) is 4.69. The second kappa shape index (κ2) is 9.64. The Kier molecular flexibility index (Phi) is 6.74. The highest BCUT2D eigenvalue weighted by molar-refractivity contribution is 5.94. The molecule has 0 aliphatic rings. The van der Waals surface area contributed by atoms with Crippen LogP contribution in [0.3, 0.4) is 0 Å². The molecule has 0 bridgehead atoms. The summed E-state index contributed by atoms with van der Waals surface area (Å²) in [5.41, 5.74) is 2.94. The average Bonchev–Trinajstić information content (AvgIpc) is 2.78. The van der Waals surface area contributed by atoms with Crippen molar-refractivity contribution in [1.29, 1.82) is 0 Å². The van der Waals surface area contributed by atoms with E-state index in [1.165, 1.54) is 5.56 Å². The number of hydrogen-bond donors (Lipinski definition) is 0. The molecule has 0 aliphatic carbocycles. The zero-order valence-corrected chi connectivity index (χ0v) is 16.9. The van der Waals surface area contributed by atoms with Crippen LogP contribution in [-0.2, 0) is 11.2 Å². The Hall–Kier alpha value is -3.47. The van der Waals surface area contributed by atoms with Gasteiger partial charge < -0.3 is 19.1 Å². The molecule has 0 saturated carbocycles. The molecule has 0 spiro atoms. The number of likely N-dealkylation sites (N-methyl/N-ethyl adjacent to an activating group) is 1. The van der Waals surface area contributed by atoms with Crippen molar-refractivity contribution in [1.82, 2.24) is 0 Å². The molecule has 0 atom stereocenters. The molecule has 0 radical (unpaired) electrons. The number of carbonyl (C=O) groups excluding carboxylic acids is 1. The second-order valence-electron chi connectivity index (χ2n) is 6.55. The normalized spacial score (nSPS) is 10.3. The third-order valence-electron chi connectivity index (χ3n) is 4.69. The molecule has 0 saturated heterocycles. The number of para-hydroxylation sites is 1. The summed E-state index contributed by atoms with van der Waals surface area (Å²) < 4.78 is 16.4. The molecule has 0 heterocycles. The lowest BCUT2D eigenvalue weighted by Crippen LogP contribution is -2.31. The fraction of sp³-hybridized carbons (Fsp3) is 0.208. The summed E-state index contributed by atoms with van der Waals surface area (Å²) in [7, 11) is 4.85. The van der Waals surface area contributed by atoms with Gasteiger partial charge in [-0.3, -0.25) is 4.79 Å². The molecule has 1 amide bonds. The van der Waals surface area contributed by atoms with E-state index < -0.39 is 0 Å². The van der Waals surface area contributed by atoms with Crippen molar-refractivity contribution in [2.45, 2.75) is 6.42 Å². The van der Waals surface area contributed by atoms with E-state index in [1.54, 1.807) is 38.3 Å². The highest BCUT2D eigenvalue weighted by Gasteiger charge is 2.15. The van der Waals surface area contributed by atoms with Crippen LogP contribution in [0.15, 0.2) is 72.8 Å². The topological polar surface area (TPSA) is 48.0 Å². The minimum absolute atomic E-state index is 0.0589. The quantitative estimate of drug-likeness (QED) is 0.573. The van der Waals surface area contributed by atoms with Crippen molar-refractivity contribution in [3.8, 4) is 17.2 Å². The summed E-state index contributed by atoms with van der Waals surface area (Å²) in [6.45, 7) is -0.0589. The monoisotopic (exact) mass is 391 g/mol. The first kappa shape index (κ1) is 20.3. The lowest BCUT2D eigenvalue weighted by atomic mass is 10.0. The van der Waals surface area contributed by atoms with Crippen LogP contribution < -0.4 is 19.1 Å². The standard InChI is InChI=1S/C24H25NO4/c1-25(20-13-14-22(27-2)23(16-20)28-3)24(26)17-29-21-12-8-7-11-19(21)15-18-9-5-4-6-10-18/h4-14,16H,15,17H2,1-3H3. The second-order valence-corrected chi connectivity index (χ2v) is 6.55. The van der Waals surface area contributed by atoms with E-state index in [4.69, 9.17) is 14.2 Å². The summed E-state index contributed by atoms with van der Waals surface area (Å²) in [6.07, 6.45) is 0.747. The minimum Gasteiger partial charge on any atom is -0.493 e. The fourth-order valence-electron chi connectivity index (χ4n) is 3.02. The van der Waals surface area contributed by atoms with Crippen LogP contribution >= 0.6 is 0 Å². The Morgan fingerprint density at radius 1 is 0.828 bits per heavy atom. The molecule has 5 nitrogen and oxygen atoms in total. The molecule has 0 aliphatic heterocycles. The van der Waals surface area contributed by atoms with Crippen molar-refractivity contribution in [2.24, 2.45) is 0 Å². The Labute approximate surface area is 171 Å². The predicted molar refractivity (Wildman–Crippen MR) is 114 cm³/mol. The van der Waals surface area contributed by atoms with Gasteiger partial charge in [0.25, 0.3) is 5.91 Å². The molecule has 29 heavy (non-hydrogen) atoms. The molecular weight excluding hydrogens is 366 g/mol. The molecule has 0 aromatic heterocycles. The van der Waals surface area contributed by atoms with E-state index in [-0.39, 0.29) is 12.5 Å². The molecule has 0 fully saturated rings. The molecule has 150 valence electrons. The van der Waals surface area contributed by atoms with E-state index in [1.807, 2.05) is 48.5 Å². The van der Waals surface area contributed by atoms with Gasteiger partial charge in [-0.25, -0.2) is 0 Å². The zero-order valence-electron chi connectivity index (χ0n) is 16.9. The van der Waals surface area contributed by atoms with Crippen LogP contribution in [0.2, 0.25) is 0 Å². The summed E-state index contributed by atoms with van der Waals surface area (Å²) in [4.78, 5) is 14.2. The summed E-state index contributed by atoms with van der Waals surface area (Å²) in [5.74, 6) is 1.74. The predicted octanol–water partition coefficient (Wildman–Crippen LogP) is 4.34. The maximum Gasteiger partial charge on any atom is 0.264 e. The van der Waals surface area contributed by atoms with Gasteiger partial charge in [0.1, 0.15) is 5.75 Å². The SMILES string of the molecule is COc1ccc(N(C)C(=O)COc2ccccc2Cc2ccccc2)cc1OC. The first-order chi connectivity index (χ1) is 14.1. The van der Waals surface area contributed by atoms with E-state index in [2.05, 4.69) is 12.1 Å². The van der Waals surface area contributed by atoms with Crippen molar-refractivity contribution < 1.29 is 19.0 Å². The number of benzene rings is 3. The van der Waals surface area contributed by atoms with Crippen LogP contribution in [0, 0.1) is 0 Å². The first-order valence-corrected chi connectivity index (χ1v) is 9.35. The van der Waals surface area contributed by atoms with Crippen LogP contribution in [-0.4, -0.2) is 33.8 Å². The molecule has 0 unspecified atom stereocenters. The van der Waals surface area contributed by atoms with Crippen LogP contribution in [0.5, 0.6) is 17.2 Å². The maximum absolute atomic E-state index is 12.7. The van der Waals surface area contributed by atoms with Gasteiger partial charge in [0.2, 0.25) is 0 Å². The molecular formula is C24H25NO4. The van der Waals surface area contributed by atoms with Crippen LogP contribution in [0.4, 0.5) is 5.69 Å². The Morgan fingerprint density at radius 2 is 1.52 bits per heavy atom. The number of nitrogens with zero attached hydrogens (tertiary/aromatic N) is 1. The Morgan fingerprint density at radius 3 is 2.24 bits per heavy atom. The summed E-state index contributed by atoms with van der Waals surface area (Å²) >= 11 is 0. The van der Waals surface area contributed by atoms with E-state index in [0.717, 1.165) is 12.0 Å². The van der Waals surface area contributed by atoms with E-state index in [0.29, 0.717) is 22.9 Å². The number of hydrogen-bond acceptors (Lipinski definition) is 4. The Bertz CT molecular complexity index is 956. The van der Waals surface area contributed by atoms with Crippen LogP contribution in [0.25, 0.3) is 0 Å². The van der Waals surface area contributed by atoms with Gasteiger partial charge in [0.05, 0.1) is 14.2 Å². The van der Waals surface area contributed by atoms with E-state index in [9.17, 15) is 4.79 Å². The van der Waals surface area contributed by atoms with Crippen molar-refractivity contribution in [3.05, 3.63) is 83.9 Å². The summed E-state index contributed by atoms with van der Waals surface area (Å²) in [6, 6.07) is 23.3. The molecule has 5 heteroatoms. The van der Waals surface area contributed by atoms with Gasteiger partial charge in [-0.1, -0.05) is 48.5 Å². The number of amides is 1. The lowest BCUT2D eigenvalue weighted by Gasteiger charge is -2.20. The molecule has 0 N–H and O–H groups in total. The highest BCUT2D eigenvalue weighted by atomic mass is 16.5. The van der Waals surface area contributed by atoms with Gasteiger partial charge >= 0.3 is 0 Å². The fourth-order valence-corrected chi connectivity index (χ4v) is 3.02. The average molecular weight is 391 g/mol. The zero-order chi connectivity index (χ0) is 20.6. The number of rotatable bonds is 8. The number of anilines is 1. The summed E-state index contributed by atoms with van der Waals surface area (Å²) in [5, 5.41) is 0. The lowest BCUT2D eigenvalue weighted by molar-refractivity contribution is -0.120. The van der Waals surface area contributed by atoms with Crippen molar-refractivity contribution in [3.63, 3.8) is 0 Å². The number of ether oxygens (including phenoxy) is 3.